The first-order chi connectivity index (χ1) is 7.74. The van der Waals surface area contributed by atoms with E-state index in [-0.39, 0.29) is 0 Å². The van der Waals surface area contributed by atoms with Gasteiger partial charge in [0.15, 0.2) is 0 Å². The van der Waals surface area contributed by atoms with Crippen molar-refractivity contribution in [1.82, 2.24) is 19.8 Å². The molecule has 1 heterocycles. The quantitative estimate of drug-likeness (QED) is 0.668. The molecule has 0 unspecified atom stereocenters. The molecule has 4 heteroatoms. The molecule has 1 aromatic heterocycles. The lowest BCUT2D eigenvalue weighted by atomic mass is 10.3. The van der Waals surface area contributed by atoms with Gasteiger partial charge in [-0.1, -0.05) is 6.92 Å². The van der Waals surface area contributed by atoms with E-state index in [0.717, 1.165) is 39.0 Å². The number of likely N-dealkylation sites (N-methyl/N-ethyl adjacent to an activating group) is 1. The minimum Gasteiger partial charge on any atom is -0.334 e. The van der Waals surface area contributed by atoms with Crippen molar-refractivity contribution >= 4 is 0 Å². The SMILES string of the molecule is CCCc1nccn1CCNCCN(C)C. The van der Waals surface area contributed by atoms with Gasteiger partial charge in [0, 0.05) is 45.0 Å². The van der Waals surface area contributed by atoms with E-state index in [1.165, 1.54) is 5.82 Å². The molecule has 1 aromatic rings. The van der Waals surface area contributed by atoms with E-state index in [1.54, 1.807) is 0 Å². The first kappa shape index (κ1) is 13.2. The monoisotopic (exact) mass is 224 g/mol. The molecular formula is C12H24N4. The van der Waals surface area contributed by atoms with Crippen LogP contribution in [0.15, 0.2) is 12.4 Å². The Morgan fingerprint density at radius 1 is 1.38 bits per heavy atom. The number of imidazole rings is 1. The van der Waals surface area contributed by atoms with E-state index in [2.05, 4.69) is 47.0 Å². The van der Waals surface area contributed by atoms with Gasteiger partial charge < -0.3 is 14.8 Å². The fraction of sp³-hybridized carbons (Fsp3) is 0.750. The van der Waals surface area contributed by atoms with E-state index in [0.29, 0.717) is 0 Å². The van der Waals surface area contributed by atoms with E-state index < -0.39 is 0 Å². The molecule has 0 saturated heterocycles. The minimum atomic E-state index is 1.01. The summed E-state index contributed by atoms with van der Waals surface area (Å²) in [6.45, 7) is 6.36. The highest BCUT2D eigenvalue weighted by Crippen LogP contribution is 2.00. The normalized spacial score (nSPS) is 11.2. The molecule has 0 spiro atoms. The van der Waals surface area contributed by atoms with E-state index >= 15 is 0 Å². The fourth-order valence-electron chi connectivity index (χ4n) is 1.62. The largest absolute Gasteiger partial charge is 0.334 e. The lowest BCUT2D eigenvalue weighted by Gasteiger charge is -2.11. The molecule has 0 amide bonds. The van der Waals surface area contributed by atoms with Crippen molar-refractivity contribution in [2.24, 2.45) is 0 Å². The maximum atomic E-state index is 4.36. The third-order valence-corrected chi connectivity index (χ3v) is 2.54. The average molecular weight is 224 g/mol. The molecule has 0 saturated carbocycles. The number of hydrogen-bond donors (Lipinski definition) is 1. The van der Waals surface area contributed by atoms with Gasteiger partial charge in [0.25, 0.3) is 0 Å². The zero-order valence-electron chi connectivity index (χ0n) is 10.7. The van der Waals surface area contributed by atoms with Crippen LogP contribution in [0.2, 0.25) is 0 Å². The predicted octanol–water partition coefficient (Wildman–Crippen LogP) is 0.987. The van der Waals surface area contributed by atoms with Crippen molar-refractivity contribution in [1.29, 1.82) is 0 Å². The summed E-state index contributed by atoms with van der Waals surface area (Å²) in [6.07, 6.45) is 6.19. The highest BCUT2D eigenvalue weighted by Gasteiger charge is 2.00. The zero-order valence-corrected chi connectivity index (χ0v) is 10.7. The lowest BCUT2D eigenvalue weighted by Crippen LogP contribution is -2.29. The maximum absolute atomic E-state index is 4.36. The van der Waals surface area contributed by atoms with Crippen LogP contribution in [0.1, 0.15) is 19.2 Å². The Bertz CT molecular complexity index is 280. The average Bonchev–Trinajstić information content (AvgIpc) is 2.65. The summed E-state index contributed by atoms with van der Waals surface area (Å²) in [6, 6.07) is 0. The molecule has 92 valence electrons. The van der Waals surface area contributed by atoms with Gasteiger partial charge in [0.1, 0.15) is 5.82 Å². The van der Waals surface area contributed by atoms with Gasteiger partial charge in [-0.15, -0.1) is 0 Å². The molecular weight excluding hydrogens is 200 g/mol. The topological polar surface area (TPSA) is 33.1 Å². The van der Waals surface area contributed by atoms with Gasteiger partial charge in [0.2, 0.25) is 0 Å². The number of aromatic nitrogens is 2. The van der Waals surface area contributed by atoms with Crippen molar-refractivity contribution in [2.75, 3.05) is 33.7 Å². The molecule has 16 heavy (non-hydrogen) atoms. The van der Waals surface area contributed by atoms with Gasteiger partial charge in [-0.05, 0) is 20.5 Å². The van der Waals surface area contributed by atoms with Gasteiger partial charge in [0.05, 0.1) is 0 Å². The Hall–Kier alpha value is -0.870. The summed E-state index contributed by atoms with van der Waals surface area (Å²) in [5.41, 5.74) is 0. The van der Waals surface area contributed by atoms with E-state index in [4.69, 9.17) is 0 Å². The highest BCUT2D eigenvalue weighted by atomic mass is 15.1. The Labute approximate surface area is 98.7 Å². The summed E-state index contributed by atoms with van der Waals surface area (Å²) < 4.78 is 2.24. The van der Waals surface area contributed by atoms with Crippen LogP contribution in [0.3, 0.4) is 0 Å². The molecule has 0 bridgehead atoms. The minimum absolute atomic E-state index is 1.01. The molecule has 0 fully saturated rings. The van der Waals surface area contributed by atoms with Crippen molar-refractivity contribution in [3.05, 3.63) is 18.2 Å². The Balaban J connectivity index is 2.18. The van der Waals surface area contributed by atoms with Crippen LogP contribution in [0.4, 0.5) is 0 Å². The van der Waals surface area contributed by atoms with Crippen molar-refractivity contribution < 1.29 is 0 Å². The second kappa shape index (κ2) is 7.41. The number of nitrogens with one attached hydrogen (secondary N) is 1. The van der Waals surface area contributed by atoms with Crippen LogP contribution in [0.25, 0.3) is 0 Å². The Morgan fingerprint density at radius 3 is 2.88 bits per heavy atom. The second-order valence-electron chi connectivity index (χ2n) is 4.34. The molecule has 0 aliphatic rings. The summed E-state index contributed by atoms with van der Waals surface area (Å²) in [4.78, 5) is 6.55. The van der Waals surface area contributed by atoms with Gasteiger partial charge in [-0.2, -0.15) is 0 Å². The summed E-state index contributed by atoms with van der Waals surface area (Å²) in [7, 11) is 4.19. The number of aryl methyl sites for hydroxylation is 1. The third kappa shape index (κ3) is 4.77. The first-order valence-corrected chi connectivity index (χ1v) is 6.09. The second-order valence-corrected chi connectivity index (χ2v) is 4.34. The summed E-state index contributed by atoms with van der Waals surface area (Å²) in [5.74, 6) is 1.21. The van der Waals surface area contributed by atoms with Crippen LogP contribution < -0.4 is 5.32 Å². The Morgan fingerprint density at radius 2 is 2.19 bits per heavy atom. The maximum Gasteiger partial charge on any atom is 0.108 e. The smallest absolute Gasteiger partial charge is 0.108 e. The number of rotatable bonds is 8. The van der Waals surface area contributed by atoms with Crippen LogP contribution in [-0.4, -0.2) is 48.2 Å². The van der Waals surface area contributed by atoms with E-state index in [1.807, 2.05) is 6.20 Å². The van der Waals surface area contributed by atoms with Gasteiger partial charge in [-0.25, -0.2) is 4.98 Å². The van der Waals surface area contributed by atoms with Crippen molar-refractivity contribution in [2.45, 2.75) is 26.3 Å². The molecule has 1 rings (SSSR count). The van der Waals surface area contributed by atoms with Crippen molar-refractivity contribution in [3.8, 4) is 0 Å². The molecule has 4 nitrogen and oxygen atoms in total. The Kier molecular flexibility index (Phi) is 6.11. The third-order valence-electron chi connectivity index (χ3n) is 2.54. The van der Waals surface area contributed by atoms with Gasteiger partial charge in [-0.3, -0.25) is 0 Å². The summed E-state index contributed by atoms with van der Waals surface area (Å²) >= 11 is 0. The van der Waals surface area contributed by atoms with Crippen LogP contribution in [0, 0.1) is 0 Å². The van der Waals surface area contributed by atoms with Crippen LogP contribution in [0.5, 0.6) is 0 Å². The highest BCUT2D eigenvalue weighted by molar-refractivity contribution is 4.92. The molecule has 0 aliphatic heterocycles. The van der Waals surface area contributed by atoms with Gasteiger partial charge >= 0.3 is 0 Å². The molecule has 1 N–H and O–H groups in total. The van der Waals surface area contributed by atoms with Crippen LogP contribution in [-0.2, 0) is 13.0 Å². The summed E-state index contributed by atoms with van der Waals surface area (Å²) in [5, 5.41) is 3.43. The molecule has 0 aliphatic carbocycles. The van der Waals surface area contributed by atoms with E-state index in [9.17, 15) is 0 Å². The molecule has 0 radical (unpaired) electrons. The standard InChI is InChI=1S/C12H24N4/c1-4-5-12-14-8-11-16(12)10-7-13-6-9-15(2)3/h8,11,13H,4-7,9-10H2,1-3H3. The lowest BCUT2D eigenvalue weighted by molar-refractivity contribution is 0.397. The van der Waals surface area contributed by atoms with Crippen LogP contribution >= 0.6 is 0 Å². The van der Waals surface area contributed by atoms with Crippen molar-refractivity contribution in [3.63, 3.8) is 0 Å². The number of hydrogen-bond acceptors (Lipinski definition) is 3. The fourth-order valence-corrected chi connectivity index (χ4v) is 1.62. The molecule has 0 aromatic carbocycles. The number of nitrogens with zero attached hydrogens (tertiary/aromatic N) is 3. The predicted molar refractivity (Wildman–Crippen MR) is 67.6 cm³/mol. The first-order valence-electron chi connectivity index (χ1n) is 6.09. The molecule has 0 atom stereocenters. The zero-order chi connectivity index (χ0) is 11.8.